The van der Waals surface area contributed by atoms with Gasteiger partial charge >= 0.3 is 0 Å². The van der Waals surface area contributed by atoms with Crippen LogP contribution in [-0.2, 0) is 0 Å². The Kier molecular flexibility index (Phi) is 6.23. The summed E-state index contributed by atoms with van der Waals surface area (Å²) in [6.07, 6.45) is 5.33. The third-order valence-corrected chi connectivity index (χ3v) is 3.32. The normalized spacial score (nSPS) is 23.2. The SMILES string of the molecule is CN=C(NC)NCCCN1CCCC[C@H]1C. The summed E-state index contributed by atoms with van der Waals surface area (Å²) in [5.41, 5.74) is 0. The Bertz CT molecular complexity index is 215. The first-order valence-corrected chi connectivity index (χ1v) is 6.40. The van der Waals surface area contributed by atoms with Gasteiger partial charge in [-0.05, 0) is 32.7 Å². The molecule has 0 radical (unpaired) electrons. The number of hydrogen-bond donors (Lipinski definition) is 2. The molecule has 1 aliphatic heterocycles. The Morgan fingerprint density at radius 1 is 1.44 bits per heavy atom. The van der Waals surface area contributed by atoms with E-state index in [1.54, 1.807) is 7.05 Å². The third-order valence-electron chi connectivity index (χ3n) is 3.32. The average molecular weight is 226 g/mol. The van der Waals surface area contributed by atoms with Gasteiger partial charge in [0, 0.05) is 33.2 Å². The van der Waals surface area contributed by atoms with Gasteiger partial charge in [-0.3, -0.25) is 4.99 Å². The van der Waals surface area contributed by atoms with Gasteiger partial charge in [-0.15, -0.1) is 0 Å². The van der Waals surface area contributed by atoms with E-state index in [1.165, 1.54) is 38.8 Å². The number of nitrogens with zero attached hydrogens (tertiary/aromatic N) is 2. The molecule has 16 heavy (non-hydrogen) atoms. The Labute approximate surface area is 99.5 Å². The first-order chi connectivity index (χ1) is 7.77. The highest BCUT2D eigenvalue weighted by molar-refractivity contribution is 5.79. The fraction of sp³-hybridized carbons (Fsp3) is 0.917. The van der Waals surface area contributed by atoms with E-state index in [0.717, 1.165) is 18.5 Å². The van der Waals surface area contributed by atoms with Crippen molar-refractivity contribution in [2.45, 2.75) is 38.6 Å². The molecule has 0 saturated carbocycles. The molecule has 1 saturated heterocycles. The maximum atomic E-state index is 4.09. The minimum Gasteiger partial charge on any atom is -0.359 e. The van der Waals surface area contributed by atoms with Crippen molar-refractivity contribution in [2.75, 3.05) is 33.7 Å². The molecule has 0 aromatic carbocycles. The summed E-state index contributed by atoms with van der Waals surface area (Å²) in [5, 5.41) is 6.31. The molecule has 0 bridgehead atoms. The molecule has 4 nitrogen and oxygen atoms in total. The standard InChI is InChI=1S/C12H26N4/c1-11-7-4-5-9-16(11)10-6-8-15-12(13-2)14-3/h11H,4-10H2,1-3H3,(H2,13,14,15)/t11-/m1/s1. The van der Waals surface area contributed by atoms with E-state index in [1.807, 2.05) is 7.05 Å². The number of nitrogens with one attached hydrogen (secondary N) is 2. The Morgan fingerprint density at radius 3 is 2.88 bits per heavy atom. The Balaban J connectivity index is 2.10. The molecule has 0 aliphatic carbocycles. The van der Waals surface area contributed by atoms with Crippen LogP contribution in [0.3, 0.4) is 0 Å². The van der Waals surface area contributed by atoms with Gasteiger partial charge in [0.25, 0.3) is 0 Å². The molecule has 0 aromatic heterocycles. The number of guanidine groups is 1. The van der Waals surface area contributed by atoms with E-state index >= 15 is 0 Å². The fourth-order valence-electron chi connectivity index (χ4n) is 2.26. The molecule has 2 N–H and O–H groups in total. The first kappa shape index (κ1) is 13.3. The van der Waals surface area contributed by atoms with Crippen molar-refractivity contribution in [3.8, 4) is 0 Å². The van der Waals surface area contributed by atoms with E-state index in [2.05, 4.69) is 27.4 Å². The number of likely N-dealkylation sites (tertiary alicyclic amines) is 1. The predicted octanol–water partition coefficient (Wildman–Crippen LogP) is 1.05. The monoisotopic (exact) mass is 226 g/mol. The lowest BCUT2D eigenvalue weighted by atomic mass is 10.0. The Hall–Kier alpha value is -0.770. The second-order valence-corrected chi connectivity index (χ2v) is 4.48. The molecule has 0 spiro atoms. The number of rotatable bonds is 4. The highest BCUT2D eigenvalue weighted by Crippen LogP contribution is 2.15. The van der Waals surface area contributed by atoms with Gasteiger partial charge in [-0.2, -0.15) is 0 Å². The summed E-state index contributed by atoms with van der Waals surface area (Å²) in [6.45, 7) is 5.83. The average Bonchev–Trinajstić information content (AvgIpc) is 2.31. The lowest BCUT2D eigenvalue weighted by Crippen LogP contribution is -2.40. The lowest BCUT2D eigenvalue weighted by molar-refractivity contribution is 0.159. The van der Waals surface area contributed by atoms with Gasteiger partial charge in [0.1, 0.15) is 0 Å². The van der Waals surface area contributed by atoms with Crippen LogP contribution in [-0.4, -0.2) is 50.6 Å². The van der Waals surface area contributed by atoms with Crippen LogP contribution in [0.4, 0.5) is 0 Å². The van der Waals surface area contributed by atoms with E-state index in [0.29, 0.717) is 0 Å². The smallest absolute Gasteiger partial charge is 0.190 e. The van der Waals surface area contributed by atoms with Crippen LogP contribution < -0.4 is 10.6 Å². The summed E-state index contributed by atoms with van der Waals surface area (Å²) in [6, 6.07) is 0.775. The van der Waals surface area contributed by atoms with Gasteiger partial charge in [-0.1, -0.05) is 6.42 Å². The zero-order chi connectivity index (χ0) is 11.8. The molecule has 0 amide bonds. The zero-order valence-electron chi connectivity index (χ0n) is 10.9. The molecule has 4 heteroatoms. The van der Waals surface area contributed by atoms with Crippen LogP contribution in [0, 0.1) is 0 Å². The summed E-state index contributed by atoms with van der Waals surface area (Å²) in [7, 11) is 3.69. The van der Waals surface area contributed by atoms with E-state index in [-0.39, 0.29) is 0 Å². The fourth-order valence-corrected chi connectivity index (χ4v) is 2.26. The number of piperidine rings is 1. The van der Waals surface area contributed by atoms with Crippen LogP contribution in [0.2, 0.25) is 0 Å². The molecular weight excluding hydrogens is 200 g/mol. The molecule has 1 atom stereocenters. The van der Waals surface area contributed by atoms with Gasteiger partial charge < -0.3 is 15.5 Å². The van der Waals surface area contributed by atoms with Gasteiger partial charge in [0.2, 0.25) is 0 Å². The van der Waals surface area contributed by atoms with E-state index < -0.39 is 0 Å². The van der Waals surface area contributed by atoms with Crippen LogP contribution in [0.1, 0.15) is 32.6 Å². The Morgan fingerprint density at radius 2 is 2.25 bits per heavy atom. The molecule has 1 aliphatic rings. The second kappa shape index (κ2) is 7.49. The van der Waals surface area contributed by atoms with Crippen molar-refractivity contribution in [3.05, 3.63) is 0 Å². The summed E-state index contributed by atoms with van der Waals surface area (Å²) in [5.74, 6) is 0.881. The van der Waals surface area contributed by atoms with Crippen molar-refractivity contribution in [2.24, 2.45) is 4.99 Å². The van der Waals surface area contributed by atoms with E-state index in [4.69, 9.17) is 0 Å². The molecule has 94 valence electrons. The molecule has 1 heterocycles. The molecule has 1 fully saturated rings. The number of aliphatic imine (C=N–C) groups is 1. The van der Waals surface area contributed by atoms with Gasteiger partial charge in [-0.25, -0.2) is 0 Å². The summed E-state index contributed by atoms with van der Waals surface area (Å²) < 4.78 is 0. The number of hydrogen-bond acceptors (Lipinski definition) is 2. The van der Waals surface area contributed by atoms with Crippen LogP contribution in [0.25, 0.3) is 0 Å². The minimum absolute atomic E-state index is 0.775. The third kappa shape index (κ3) is 4.39. The van der Waals surface area contributed by atoms with Crippen molar-refractivity contribution in [1.82, 2.24) is 15.5 Å². The van der Waals surface area contributed by atoms with Crippen LogP contribution in [0.15, 0.2) is 4.99 Å². The van der Waals surface area contributed by atoms with Gasteiger partial charge in [0.05, 0.1) is 0 Å². The zero-order valence-corrected chi connectivity index (χ0v) is 10.9. The molecule has 1 rings (SSSR count). The van der Waals surface area contributed by atoms with Crippen LogP contribution >= 0.6 is 0 Å². The van der Waals surface area contributed by atoms with Crippen molar-refractivity contribution >= 4 is 5.96 Å². The van der Waals surface area contributed by atoms with Crippen LogP contribution in [0.5, 0.6) is 0 Å². The molecule has 0 aromatic rings. The first-order valence-electron chi connectivity index (χ1n) is 6.40. The van der Waals surface area contributed by atoms with Gasteiger partial charge in [0.15, 0.2) is 5.96 Å². The van der Waals surface area contributed by atoms with Crippen molar-refractivity contribution in [3.63, 3.8) is 0 Å². The maximum absolute atomic E-state index is 4.09. The highest BCUT2D eigenvalue weighted by Gasteiger charge is 2.16. The highest BCUT2D eigenvalue weighted by atomic mass is 15.2. The summed E-state index contributed by atoms with van der Waals surface area (Å²) in [4.78, 5) is 6.69. The lowest BCUT2D eigenvalue weighted by Gasteiger charge is -2.33. The summed E-state index contributed by atoms with van der Waals surface area (Å²) >= 11 is 0. The van der Waals surface area contributed by atoms with E-state index in [9.17, 15) is 0 Å². The second-order valence-electron chi connectivity index (χ2n) is 4.48. The quantitative estimate of drug-likeness (QED) is 0.427. The largest absolute Gasteiger partial charge is 0.359 e. The topological polar surface area (TPSA) is 39.7 Å². The van der Waals surface area contributed by atoms with Crippen molar-refractivity contribution in [1.29, 1.82) is 0 Å². The molecule has 0 unspecified atom stereocenters. The predicted molar refractivity (Wildman–Crippen MR) is 69.9 cm³/mol. The minimum atomic E-state index is 0.775. The maximum Gasteiger partial charge on any atom is 0.190 e. The molecular formula is C12H26N4. The van der Waals surface area contributed by atoms with Crippen molar-refractivity contribution < 1.29 is 0 Å².